The molecule has 0 aliphatic heterocycles. The maximum Gasteiger partial charge on any atom is 0.182 e. The van der Waals surface area contributed by atoms with Gasteiger partial charge in [-0.05, 0) is 30.4 Å². The van der Waals surface area contributed by atoms with Crippen molar-refractivity contribution in [1.82, 2.24) is 9.55 Å². The fourth-order valence-electron chi connectivity index (χ4n) is 2.11. The lowest BCUT2D eigenvalue weighted by atomic mass is 10.1. The summed E-state index contributed by atoms with van der Waals surface area (Å²) in [6.45, 7) is 0. The molecule has 1 N–H and O–H groups in total. The van der Waals surface area contributed by atoms with Gasteiger partial charge in [0.1, 0.15) is 5.82 Å². The number of aromatic amines is 1. The Morgan fingerprint density at radius 2 is 1.85 bits per heavy atom. The topological polar surface area (TPSA) is 20.7 Å². The highest BCUT2D eigenvalue weighted by atomic mass is 35.5. The Balaban J connectivity index is 2.24. The van der Waals surface area contributed by atoms with Gasteiger partial charge in [0.15, 0.2) is 4.77 Å². The zero-order valence-corrected chi connectivity index (χ0v) is 11.9. The molecule has 0 atom stereocenters. The van der Waals surface area contributed by atoms with E-state index in [4.69, 9.17) is 23.8 Å². The third-order valence-electron chi connectivity index (χ3n) is 2.95. The number of rotatable bonds is 2. The quantitative estimate of drug-likeness (QED) is 0.661. The van der Waals surface area contributed by atoms with Crippen LogP contribution >= 0.6 is 23.8 Å². The van der Waals surface area contributed by atoms with Crippen molar-refractivity contribution >= 4 is 23.8 Å². The Morgan fingerprint density at radius 1 is 1.10 bits per heavy atom. The number of hydrogen-bond donors (Lipinski definition) is 1. The highest BCUT2D eigenvalue weighted by Gasteiger charge is 2.10. The zero-order chi connectivity index (χ0) is 14.1. The van der Waals surface area contributed by atoms with Crippen molar-refractivity contribution in [3.8, 4) is 16.9 Å². The van der Waals surface area contributed by atoms with E-state index in [-0.39, 0.29) is 0 Å². The molecule has 0 aliphatic rings. The molecule has 0 unspecified atom stereocenters. The highest BCUT2D eigenvalue weighted by Crippen LogP contribution is 2.25. The van der Waals surface area contributed by atoms with Crippen molar-refractivity contribution in [2.75, 3.05) is 0 Å². The molecule has 1 aromatic heterocycles. The van der Waals surface area contributed by atoms with Gasteiger partial charge in [-0.3, -0.25) is 4.57 Å². The summed E-state index contributed by atoms with van der Waals surface area (Å²) in [4.78, 5) is 2.99. The monoisotopic (exact) mass is 304 g/mol. The second-order valence-electron chi connectivity index (χ2n) is 4.31. The number of halogens is 2. The van der Waals surface area contributed by atoms with Crippen molar-refractivity contribution in [2.24, 2.45) is 0 Å². The van der Waals surface area contributed by atoms with E-state index in [1.807, 2.05) is 30.3 Å². The van der Waals surface area contributed by atoms with Crippen LogP contribution in [0, 0.1) is 10.6 Å². The fourth-order valence-corrected chi connectivity index (χ4v) is 2.59. The Kier molecular flexibility index (Phi) is 3.42. The third-order valence-corrected chi connectivity index (χ3v) is 3.47. The van der Waals surface area contributed by atoms with Crippen LogP contribution < -0.4 is 0 Å². The molecular weight excluding hydrogens is 295 g/mol. The number of imidazole rings is 1. The smallest absolute Gasteiger partial charge is 0.182 e. The van der Waals surface area contributed by atoms with Gasteiger partial charge in [0.25, 0.3) is 0 Å². The minimum absolute atomic E-state index is 0.335. The Labute approximate surface area is 125 Å². The summed E-state index contributed by atoms with van der Waals surface area (Å²) in [5, 5.41) is 0.335. The molecule has 100 valence electrons. The first-order chi connectivity index (χ1) is 9.65. The van der Waals surface area contributed by atoms with Gasteiger partial charge in [0, 0.05) is 16.8 Å². The molecule has 2 aromatic carbocycles. The van der Waals surface area contributed by atoms with E-state index >= 15 is 0 Å². The molecule has 5 heteroatoms. The van der Waals surface area contributed by atoms with E-state index in [1.165, 1.54) is 12.1 Å². The van der Waals surface area contributed by atoms with Crippen molar-refractivity contribution in [2.45, 2.75) is 0 Å². The molecule has 0 bridgehead atoms. The van der Waals surface area contributed by atoms with Crippen LogP contribution in [-0.4, -0.2) is 9.55 Å². The van der Waals surface area contributed by atoms with Crippen LogP contribution in [0.3, 0.4) is 0 Å². The van der Waals surface area contributed by atoms with Gasteiger partial charge in [-0.15, -0.1) is 0 Å². The van der Waals surface area contributed by atoms with Crippen LogP contribution in [0.25, 0.3) is 16.9 Å². The Hall–Kier alpha value is -1.91. The zero-order valence-electron chi connectivity index (χ0n) is 10.3. The number of nitrogens with zero attached hydrogens (tertiary/aromatic N) is 1. The van der Waals surface area contributed by atoms with E-state index < -0.39 is 5.82 Å². The first-order valence-electron chi connectivity index (χ1n) is 5.97. The second-order valence-corrected chi connectivity index (χ2v) is 5.13. The lowest BCUT2D eigenvalue weighted by Crippen LogP contribution is -1.97. The SMILES string of the molecule is Fc1cc(Cl)cc(-n2c(-c3ccccc3)c[nH]c2=S)c1. The molecule has 0 spiro atoms. The summed E-state index contributed by atoms with van der Waals surface area (Å²) in [7, 11) is 0. The van der Waals surface area contributed by atoms with E-state index in [9.17, 15) is 4.39 Å². The molecule has 0 saturated carbocycles. The third kappa shape index (κ3) is 2.40. The molecule has 0 aliphatic carbocycles. The molecule has 0 fully saturated rings. The molecular formula is C15H10ClFN2S. The average Bonchev–Trinajstić information content (AvgIpc) is 2.80. The minimum atomic E-state index is -0.394. The summed E-state index contributed by atoms with van der Waals surface area (Å²) in [6.07, 6.45) is 1.80. The summed E-state index contributed by atoms with van der Waals surface area (Å²) in [6, 6.07) is 14.1. The van der Waals surface area contributed by atoms with Crippen LogP contribution in [0.5, 0.6) is 0 Å². The van der Waals surface area contributed by atoms with Crippen LogP contribution in [0.15, 0.2) is 54.7 Å². The Bertz CT molecular complexity index is 788. The fraction of sp³-hybridized carbons (Fsp3) is 0. The van der Waals surface area contributed by atoms with E-state index in [0.29, 0.717) is 15.5 Å². The van der Waals surface area contributed by atoms with Crippen molar-refractivity contribution in [3.63, 3.8) is 0 Å². The highest BCUT2D eigenvalue weighted by molar-refractivity contribution is 7.71. The second kappa shape index (κ2) is 5.23. The lowest BCUT2D eigenvalue weighted by Gasteiger charge is -2.09. The lowest BCUT2D eigenvalue weighted by molar-refractivity contribution is 0.626. The van der Waals surface area contributed by atoms with Crippen LogP contribution in [0.4, 0.5) is 4.39 Å². The predicted molar refractivity (Wildman–Crippen MR) is 81.4 cm³/mol. The van der Waals surface area contributed by atoms with Crippen LogP contribution in [-0.2, 0) is 0 Å². The Morgan fingerprint density at radius 3 is 2.55 bits per heavy atom. The maximum atomic E-state index is 13.5. The molecule has 0 radical (unpaired) electrons. The molecule has 2 nitrogen and oxygen atoms in total. The molecule has 3 aromatic rings. The summed E-state index contributed by atoms with van der Waals surface area (Å²) in [5.74, 6) is -0.394. The molecule has 20 heavy (non-hydrogen) atoms. The van der Waals surface area contributed by atoms with Gasteiger partial charge >= 0.3 is 0 Å². The normalized spacial score (nSPS) is 10.7. The van der Waals surface area contributed by atoms with Gasteiger partial charge in [0.2, 0.25) is 0 Å². The summed E-state index contributed by atoms with van der Waals surface area (Å²) in [5.41, 5.74) is 2.44. The number of aromatic nitrogens is 2. The molecule has 1 heterocycles. The van der Waals surface area contributed by atoms with Gasteiger partial charge in [-0.2, -0.15) is 0 Å². The van der Waals surface area contributed by atoms with Gasteiger partial charge in [-0.1, -0.05) is 41.9 Å². The molecule has 3 rings (SSSR count). The summed E-state index contributed by atoms with van der Waals surface area (Å²) < 4.78 is 15.8. The molecule has 0 amide bonds. The average molecular weight is 305 g/mol. The number of nitrogens with one attached hydrogen (secondary N) is 1. The van der Waals surface area contributed by atoms with Crippen LogP contribution in [0.2, 0.25) is 5.02 Å². The largest absolute Gasteiger partial charge is 0.336 e. The minimum Gasteiger partial charge on any atom is -0.336 e. The predicted octanol–water partition coefficient (Wildman–Crippen LogP) is 4.99. The van der Waals surface area contributed by atoms with Gasteiger partial charge in [0.05, 0.1) is 11.4 Å². The van der Waals surface area contributed by atoms with Gasteiger partial charge < -0.3 is 4.98 Å². The van der Waals surface area contributed by atoms with Crippen molar-refractivity contribution in [3.05, 3.63) is 70.3 Å². The molecule has 0 saturated heterocycles. The van der Waals surface area contributed by atoms with Crippen LogP contribution in [0.1, 0.15) is 0 Å². The van der Waals surface area contributed by atoms with E-state index in [2.05, 4.69) is 4.98 Å². The number of benzene rings is 2. The van der Waals surface area contributed by atoms with Crippen molar-refractivity contribution in [1.29, 1.82) is 0 Å². The maximum absolute atomic E-state index is 13.5. The first kappa shape index (κ1) is 13.1. The number of H-pyrrole nitrogens is 1. The van der Waals surface area contributed by atoms with E-state index in [0.717, 1.165) is 11.3 Å². The number of hydrogen-bond acceptors (Lipinski definition) is 1. The summed E-state index contributed by atoms with van der Waals surface area (Å²) >= 11 is 11.2. The van der Waals surface area contributed by atoms with Gasteiger partial charge in [-0.25, -0.2) is 4.39 Å². The van der Waals surface area contributed by atoms with E-state index in [1.54, 1.807) is 16.8 Å². The standard InChI is InChI=1S/C15H10ClFN2S/c16-11-6-12(17)8-13(7-11)19-14(9-18-15(19)20)10-4-2-1-3-5-10/h1-9H,(H,18,20). The van der Waals surface area contributed by atoms with Crippen molar-refractivity contribution < 1.29 is 4.39 Å². The first-order valence-corrected chi connectivity index (χ1v) is 6.76.